The van der Waals surface area contributed by atoms with E-state index in [-0.39, 0.29) is 17.2 Å². The van der Waals surface area contributed by atoms with Gasteiger partial charge in [0, 0.05) is 31.4 Å². The van der Waals surface area contributed by atoms with Gasteiger partial charge in [0.25, 0.3) is 11.8 Å². The maximum absolute atomic E-state index is 11.8. The van der Waals surface area contributed by atoms with E-state index in [2.05, 4.69) is 5.32 Å². The summed E-state index contributed by atoms with van der Waals surface area (Å²) < 4.78 is 4.82. The van der Waals surface area contributed by atoms with Gasteiger partial charge in [0.15, 0.2) is 6.61 Å². The molecular weight excluding hydrogens is 340 g/mol. The number of phenols is 2. The highest BCUT2D eigenvalue weighted by Gasteiger charge is 2.15. The second kappa shape index (κ2) is 8.02. The zero-order chi connectivity index (χ0) is 19.3. The molecule has 0 heterocycles. The summed E-state index contributed by atoms with van der Waals surface area (Å²) in [4.78, 5) is 36.9. The third-order valence-corrected chi connectivity index (χ3v) is 3.36. The quantitative estimate of drug-likeness (QED) is 0.699. The number of hydrogen-bond donors (Lipinski definition) is 3. The van der Waals surface area contributed by atoms with Crippen LogP contribution in [0.25, 0.3) is 0 Å². The highest BCUT2D eigenvalue weighted by molar-refractivity contribution is 5.97. The second-order valence-electron chi connectivity index (χ2n) is 5.60. The van der Waals surface area contributed by atoms with Crippen molar-refractivity contribution in [3.05, 3.63) is 53.6 Å². The third-order valence-electron chi connectivity index (χ3n) is 3.36. The Morgan fingerprint density at radius 2 is 1.69 bits per heavy atom. The number of benzene rings is 2. The minimum absolute atomic E-state index is 0.162. The highest BCUT2D eigenvalue weighted by atomic mass is 16.5. The minimum atomic E-state index is -0.899. The molecule has 0 saturated heterocycles. The number of nitrogens with one attached hydrogen (secondary N) is 1. The molecule has 2 rings (SSSR count). The summed E-state index contributed by atoms with van der Waals surface area (Å²) in [6.45, 7) is -0.558. The van der Waals surface area contributed by atoms with Crippen molar-refractivity contribution in [2.24, 2.45) is 0 Å². The number of phenolic OH excluding ortho intramolecular Hbond substituents is 2. The molecule has 2 aromatic carbocycles. The molecule has 136 valence electrons. The lowest BCUT2D eigenvalue weighted by molar-refractivity contribution is -0.119. The van der Waals surface area contributed by atoms with Gasteiger partial charge >= 0.3 is 5.97 Å². The average molecular weight is 358 g/mol. The minimum Gasteiger partial charge on any atom is -0.508 e. The topological polar surface area (TPSA) is 116 Å². The smallest absolute Gasteiger partial charge is 0.342 e. The van der Waals surface area contributed by atoms with Crippen LogP contribution in [0.3, 0.4) is 0 Å². The van der Waals surface area contributed by atoms with Crippen LogP contribution in [0.15, 0.2) is 42.5 Å². The van der Waals surface area contributed by atoms with Crippen LogP contribution in [0.4, 0.5) is 5.69 Å². The Labute approximate surface area is 149 Å². The van der Waals surface area contributed by atoms with E-state index in [0.717, 1.165) is 6.07 Å². The molecule has 0 fully saturated rings. The van der Waals surface area contributed by atoms with E-state index in [1.165, 1.54) is 17.0 Å². The fourth-order valence-electron chi connectivity index (χ4n) is 2.05. The van der Waals surface area contributed by atoms with Gasteiger partial charge in [0.05, 0.1) is 0 Å². The lowest BCUT2D eigenvalue weighted by Gasteiger charge is -2.11. The van der Waals surface area contributed by atoms with Crippen LogP contribution in [0.5, 0.6) is 11.5 Å². The first-order chi connectivity index (χ1) is 12.3. The maximum atomic E-state index is 11.8. The zero-order valence-electron chi connectivity index (χ0n) is 14.2. The van der Waals surface area contributed by atoms with Gasteiger partial charge in [-0.15, -0.1) is 0 Å². The van der Waals surface area contributed by atoms with Crippen LogP contribution in [-0.4, -0.2) is 53.6 Å². The molecule has 0 aliphatic carbocycles. The monoisotopic (exact) mass is 358 g/mol. The van der Waals surface area contributed by atoms with Crippen molar-refractivity contribution >= 4 is 23.5 Å². The van der Waals surface area contributed by atoms with E-state index < -0.39 is 24.2 Å². The molecule has 26 heavy (non-hydrogen) atoms. The molecule has 0 aliphatic rings. The Hall–Kier alpha value is -3.55. The van der Waals surface area contributed by atoms with Gasteiger partial charge in [-0.1, -0.05) is 0 Å². The summed E-state index contributed by atoms with van der Waals surface area (Å²) in [6.07, 6.45) is 0. The number of ether oxygens (including phenoxy) is 1. The van der Waals surface area contributed by atoms with Gasteiger partial charge in [0.1, 0.15) is 17.1 Å². The Bertz CT molecular complexity index is 830. The van der Waals surface area contributed by atoms with Crippen molar-refractivity contribution in [2.45, 2.75) is 0 Å². The summed E-state index contributed by atoms with van der Waals surface area (Å²) in [5.74, 6) is -2.29. The molecular formula is C18H18N2O6. The van der Waals surface area contributed by atoms with Crippen LogP contribution in [-0.2, 0) is 9.53 Å². The summed E-state index contributed by atoms with van der Waals surface area (Å²) in [6, 6.07) is 9.65. The van der Waals surface area contributed by atoms with Crippen molar-refractivity contribution in [2.75, 3.05) is 26.0 Å². The molecule has 8 nitrogen and oxygen atoms in total. The molecule has 0 bridgehead atoms. The van der Waals surface area contributed by atoms with Gasteiger partial charge in [-0.25, -0.2) is 4.79 Å². The first-order valence-electron chi connectivity index (χ1n) is 7.58. The predicted octanol–water partition coefficient (Wildman–Crippen LogP) is 1.60. The number of aromatic hydroxyl groups is 2. The summed E-state index contributed by atoms with van der Waals surface area (Å²) in [5, 5.41) is 21.3. The van der Waals surface area contributed by atoms with Crippen molar-refractivity contribution < 1.29 is 29.3 Å². The predicted molar refractivity (Wildman–Crippen MR) is 93.1 cm³/mol. The largest absolute Gasteiger partial charge is 0.508 e. The number of esters is 1. The van der Waals surface area contributed by atoms with Gasteiger partial charge in [-0.3, -0.25) is 9.59 Å². The number of hydrogen-bond acceptors (Lipinski definition) is 6. The van der Waals surface area contributed by atoms with E-state index >= 15 is 0 Å². The normalized spacial score (nSPS) is 10.1. The van der Waals surface area contributed by atoms with Gasteiger partial charge in [-0.05, 0) is 36.4 Å². The molecule has 3 N–H and O–H groups in total. The lowest BCUT2D eigenvalue weighted by Crippen LogP contribution is -2.22. The van der Waals surface area contributed by atoms with E-state index in [1.54, 1.807) is 38.4 Å². The molecule has 8 heteroatoms. The fourth-order valence-corrected chi connectivity index (χ4v) is 2.05. The second-order valence-corrected chi connectivity index (χ2v) is 5.60. The molecule has 2 amide bonds. The first kappa shape index (κ1) is 18.8. The number of nitrogens with zero attached hydrogens (tertiary/aromatic N) is 1. The molecule has 0 radical (unpaired) electrons. The molecule has 0 unspecified atom stereocenters. The zero-order valence-corrected chi connectivity index (χ0v) is 14.2. The SMILES string of the molecule is CN(C)C(=O)c1ccc(NC(=O)COC(=O)c2ccc(O)cc2O)cc1. The van der Waals surface area contributed by atoms with Crippen LogP contribution in [0.2, 0.25) is 0 Å². The number of amides is 2. The number of rotatable bonds is 5. The first-order valence-corrected chi connectivity index (χ1v) is 7.58. The average Bonchev–Trinajstić information content (AvgIpc) is 2.59. The van der Waals surface area contributed by atoms with Crippen LogP contribution < -0.4 is 5.32 Å². The van der Waals surface area contributed by atoms with Gasteiger partial charge < -0.3 is 25.2 Å². The Morgan fingerprint density at radius 1 is 1.04 bits per heavy atom. The van der Waals surface area contributed by atoms with Crippen LogP contribution in [0, 0.1) is 0 Å². The van der Waals surface area contributed by atoms with Crippen LogP contribution >= 0.6 is 0 Å². The summed E-state index contributed by atoms with van der Waals surface area (Å²) in [5.41, 5.74) is 0.748. The van der Waals surface area contributed by atoms with E-state index in [1.807, 2.05) is 0 Å². The highest BCUT2D eigenvalue weighted by Crippen LogP contribution is 2.23. The Kier molecular flexibility index (Phi) is 5.79. The summed E-state index contributed by atoms with van der Waals surface area (Å²) >= 11 is 0. The summed E-state index contributed by atoms with van der Waals surface area (Å²) in [7, 11) is 3.27. The fraction of sp³-hybridized carbons (Fsp3) is 0.167. The maximum Gasteiger partial charge on any atom is 0.342 e. The standard InChI is InChI=1S/C18H18N2O6/c1-20(2)17(24)11-3-5-12(6-4-11)19-16(23)10-26-18(25)14-8-7-13(21)9-15(14)22/h3-9,21-22H,10H2,1-2H3,(H,19,23). The van der Waals surface area contributed by atoms with Crippen molar-refractivity contribution in [3.63, 3.8) is 0 Å². The molecule has 0 spiro atoms. The van der Waals surface area contributed by atoms with Gasteiger partial charge in [-0.2, -0.15) is 0 Å². The van der Waals surface area contributed by atoms with E-state index in [0.29, 0.717) is 11.3 Å². The van der Waals surface area contributed by atoms with Crippen LogP contribution in [0.1, 0.15) is 20.7 Å². The Balaban J connectivity index is 1.90. The number of carbonyl (C=O) groups excluding carboxylic acids is 3. The number of carbonyl (C=O) groups is 3. The lowest BCUT2D eigenvalue weighted by atomic mass is 10.2. The Morgan fingerprint density at radius 3 is 2.27 bits per heavy atom. The molecule has 2 aromatic rings. The molecule has 0 atom stereocenters. The number of anilines is 1. The molecule has 0 aromatic heterocycles. The van der Waals surface area contributed by atoms with E-state index in [9.17, 15) is 24.6 Å². The van der Waals surface area contributed by atoms with Crippen molar-refractivity contribution in [1.82, 2.24) is 4.90 Å². The van der Waals surface area contributed by atoms with Crippen molar-refractivity contribution in [3.8, 4) is 11.5 Å². The van der Waals surface area contributed by atoms with E-state index in [4.69, 9.17) is 4.74 Å². The van der Waals surface area contributed by atoms with Crippen molar-refractivity contribution in [1.29, 1.82) is 0 Å². The molecule has 0 saturated carbocycles. The van der Waals surface area contributed by atoms with Gasteiger partial charge in [0.2, 0.25) is 0 Å². The molecule has 0 aliphatic heterocycles. The third kappa shape index (κ3) is 4.73.